The van der Waals surface area contributed by atoms with Crippen LogP contribution in [0.5, 0.6) is 0 Å². The third-order valence-electron chi connectivity index (χ3n) is 1.72. The van der Waals surface area contributed by atoms with Gasteiger partial charge in [-0.25, -0.2) is 0 Å². The first-order valence-corrected chi connectivity index (χ1v) is 4.72. The van der Waals surface area contributed by atoms with E-state index in [2.05, 4.69) is 5.32 Å². The number of allylic oxidation sites excluding steroid dienone is 1. The molecule has 0 saturated carbocycles. The molecule has 74 valence electrons. The number of hydrogen-bond acceptors (Lipinski definition) is 2. The fourth-order valence-corrected chi connectivity index (χ4v) is 1.01. The Hall–Kier alpha value is -1.57. The highest BCUT2D eigenvalue weighted by Gasteiger charge is 1.98. The molecule has 0 fully saturated rings. The Morgan fingerprint density at radius 1 is 1.29 bits per heavy atom. The summed E-state index contributed by atoms with van der Waals surface area (Å²) in [6, 6.07) is 9.58. The molecule has 14 heavy (non-hydrogen) atoms. The van der Waals surface area contributed by atoms with Gasteiger partial charge in [0, 0.05) is 23.9 Å². The average molecular weight is 189 g/mol. The standard InChI is InChI=1S/C12H15NO/c1-10(2)13-9-8-12(14)11-6-4-3-5-7-11/h3-10,13H,1-2H3/b9-8+. The number of carbonyl (C=O) groups excluding carboxylic acids is 1. The summed E-state index contributed by atoms with van der Waals surface area (Å²) >= 11 is 0. The zero-order chi connectivity index (χ0) is 10.4. The van der Waals surface area contributed by atoms with Gasteiger partial charge in [-0.1, -0.05) is 30.3 Å². The summed E-state index contributed by atoms with van der Waals surface area (Å²) < 4.78 is 0. The van der Waals surface area contributed by atoms with E-state index >= 15 is 0 Å². The predicted molar refractivity (Wildman–Crippen MR) is 58.2 cm³/mol. The molecule has 0 heterocycles. The van der Waals surface area contributed by atoms with E-state index in [0.717, 1.165) is 0 Å². The Labute approximate surface area is 84.6 Å². The van der Waals surface area contributed by atoms with Crippen LogP contribution >= 0.6 is 0 Å². The second-order valence-corrected chi connectivity index (χ2v) is 3.38. The van der Waals surface area contributed by atoms with Gasteiger partial charge in [0.2, 0.25) is 0 Å². The van der Waals surface area contributed by atoms with E-state index < -0.39 is 0 Å². The zero-order valence-electron chi connectivity index (χ0n) is 8.53. The van der Waals surface area contributed by atoms with Crippen LogP contribution in [0.25, 0.3) is 0 Å². The molecule has 0 atom stereocenters. The van der Waals surface area contributed by atoms with Crippen molar-refractivity contribution < 1.29 is 4.79 Å². The van der Waals surface area contributed by atoms with Gasteiger partial charge in [0.1, 0.15) is 0 Å². The van der Waals surface area contributed by atoms with E-state index in [9.17, 15) is 4.79 Å². The number of benzene rings is 1. The minimum atomic E-state index is 0.0266. The van der Waals surface area contributed by atoms with Crippen molar-refractivity contribution in [3.63, 3.8) is 0 Å². The molecular formula is C12H15NO. The van der Waals surface area contributed by atoms with Gasteiger partial charge in [-0.2, -0.15) is 0 Å². The van der Waals surface area contributed by atoms with Gasteiger partial charge in [-0.15, -0.1) is 0 Å². The molecule has 0 aliphatic heterocycles. The second-order valence-electron chi connectivity index (χ2n) is 3.38. The minimum absolute atomic E-state index is 0.0266. The molecule has 2 nitrogen and oxygen atoms in total. The van der Waals surface area contributed by atoms with Crippen molar-refractivity contribution in [2.24, 2.45) is 0 Å². The van der Waals surface area contributed by atoms with Crippen LogP contribution in [0.2, 0.25) is 0 Å². The number of rotatable bonds is 4. The number of nitrogens with one attached hydrogen (secondary N) is 1. The maximum Gasteiger partial charge on any atom is 0.187 e. The van der Waals surface area contributed by atoms with Gasteiger partial charge in [0.05, 0.1) is 0 Å². The van der Waals surface area contributed by atoms with Crippen LogP contribution < -0.4 is 5.32 Å². The first-order chi connectivity index (χ1) is 6.70. The largest absolute Gasteiger partial charge is 0.389 e. The van der Waals surface area contributed by atoms with Gasteiger partial charge in [0.15, 0.2) is 5.78 Å². The van der Waals surface area contributed by atoms with Crippen molar-refractivity contribution in [2.45, 2.75) is 19.9 Å². The van der Waals surface area contributed by atoms with Gasteiger partial charge in [0.25, 0.3) is 0 Å². The molecule has 1 aromatic rings. The van der Waals surface area contributed by atoms with Crippen molar-refractivity contribution in [3.8, 4) is 0 Å². The van der Waals surface area contributed by atoms with Gasteiger partial charge < -0.3 is 5.32 Å². The number of hydrogen-bond donors (Lipinski definition) is 1. The first kappa shape index (κ1) is 10.5. The molecule has 0 bridgehead atoms. The van der Waals surface area contributed by atoms with Gasteiger partial charge >= 0.3 is 0 Å². The Balaban J connectivity index is 2.55. The van der Waals surface area contributed by atoms with E-state index in [1.807, 2.05) is 44.2 Å². The van der Waals surface area contributed by atoms with Crippen molar-refractivity contribution >= 4 is 5.78 Å². The van der Waals surface area contributed by atoms with Crippen LogP contribution in [-0.2, 0) is 0 Å². The van der Waals surface area contributed by atoms with Crippen molar-refractivity contribution in [1.82, 2.24) is 5.32 Å². The SMILES string of the molecule is CC(C)N/C=C/C(=O)c1ccccc1. The molecule has 1 aromatic carbocycles. The van der Waals surface area contributed by atoms with E-state index in [1.165, 1.54) is 0 Å². The average Bonchev–Trinajstić information content (AvgIpc) is 2.18. The lowest BCUT2D eigenvalue weighted by Crippen LogP contribution is -2.15. The molecule has 0 aromatic heterocycles. The van der Waals surface area contributed by atoms with Gasteiger partial charge in [-0.05, 0) is 13.8 Å². The van der Waals surface area contributed by atoms with E-state index in [1.54, 1.807) is 12.3 Å². The fourth-order valence-electron chi connectivity index (χ4n) is 1.01. The summed E-state index contributed by atoms with van der Waals surface area (Å²) in [5.41, 5.74) is 0.717. The van der Waals surface area contributed by atoms with Crippen LogP contribution in [0.3, 0.4) is 0 Å². The summed E-state index contributed by atoms with van der Waals surface area (Å²) in [6.07, 6.45) is 3.25. The quantitative estimate of drug-likeness (QED) is 0.582. The maximum absolute atomic E-state index is 11.5. The third kappa shape index (κ3) is 3.44. The van der Waals surface area contributed by atoms with Crippen LogP contribution in [0.4, 0.5) is 0 Å². The van der Waals surface area contributed by atoms with Crippen molar-refractivity contribution in [3.05, 3.63) is 48.2 Å². The lowest BCUT2D eigenvalue weighted by molar-refractivity contribution is 0.104. The summed E-state index contributed by atoms with van der Waals surface area (Å²) in [7, 11) is 0. The van der Waals surface area contributed by atoms with Crippen LogP contribution in [0.15, 0.2) is 42.6 Å². The Bertz CT molecular complexity index is 314. The Kier molecular flexibility index (Phi) is 3.92. The topological polar surface area (TPSA) is 29.1 Å². The van der Waals surface area contributed by atoms with Crippen LogP contribution in [0.1, 0.15) is 24.2 Å². The Morgan fingerprint density at radius 3 is 2.50 bits per heavy atom. The van der Waals surface area contributed by atoms with Crippen molar-refractivity contribution in [2.75, 3.05) is 0 Å². The lowest BCUT2D eigenvalue weighted by Gasteiger charge is -2.02. The first-order valence-electron chi connectivity index (χ1n) is 4.72. The molecule has 0 aliphatic rings. The van der Waals surface area contributed by atoms with E-state index in [-0.39, 0.29) is 5.78 Å². The molecule has 0 aliphatic carbocycles. The molecule has 0 saturated heterocycles. The van der Waals surface area contributed by atoms with Gasteiger partial charge in [-0.3, -0.25) is 4.79 Å². The smallest absolute Gasteiger partial charge is 0.187 e. The summed E-state index contributed by atoms with van der Waals surface area (Å²) in [4.78, 5) is 11.5. The number of carbonyl (C=O) groups is 1. The van der Waals surface area contributed by atoms with Crippen LogP contribution in [-0.4, -0.2) is 11.8 Å². The molecule has 0 amide bonds. The molecule has 0 radical (unpaired) electrons. The van der Waals surface area contributed by atoms with Crippen LogP contribution in [0, 0.1) is 0 Å². The molecule has 0 spiro atoms. The maximum atomic E-state index is 11.5. The summed E-state index contributed by atoms with van der Waals surface area (Å²) in [5.74, 6) is 0.0266. The van der Waals surface area contributed by atoms with E-state index in [4.69, 9.17) is 0 Å². The minimum Gasteiger partial charge on any atom is -0.389 e. The third-order valence-corrected chi connectivity index (χ3v) is 1.72. The highest BCUT2D eigenvalue weighted by molar-refractivity contribution is 6.04. The van der Waals surface area contributed by atoms with E-state index in [0.29, 0.717) is 11.6 Å². The molecule has 2 heteroatoms. The molecule has 1 rings (SSSR count). The fraction of sp³-hybridized carbons (Fsp3) is 0.250. The molecule has 0 unspecified atom stereocenters. The monoisotopic (exact) mass is 189 g/mol. The zero-order valence-corrected chi connectivity index (χ0v) is 8.53. The second kappa shape index (κ2) is 5.22. The lowest BCUT2D eigenvalue weighted by atomic mass is 10.1. The Morgan fingerprint density at radius 2 is 1.93 bits per heavy atom. The molecular weight excluding hydrogens is 174 g/mol. The normalized spacial score (nSPS) is 10.8. The van der Waals surface area contributed by atoms with Crippen molar-refractivity contribution in [1.29, 1.82) is 0 Å². The summed E-state index contributed by atoms with van der Waals surface area (Å²) in [6.45, 7) is 4.05. The number of ketones is 1. The predicted octanol–water partition coefficient (Wildman–Crippen LogP) is 2.38. The highest BCUT2D eigenvalue weighted by Crippen LogP contribution is 2.00. The highest BCUT2D eigenvalue weighted by atomic mass is 16.1. The summed E-state index contributed by atoms with van der Waals surface area (Å²) in [5, 5.41) is 3.04. The molecule has 1 N–H and O–H groups in total.